The predicted octanol–water partition coefficient (Wildman–Crippen LogP) is 2.98. The monoisotopic (exact) mass is 613 g/mol. The molecule has 2 aliphatic heterocycles. The first-order valence-corrected chi connectivity index (χ1v) is 15.8. The van der Waals surface area contributed by atoms with E-state index in [0.717, 1.165) is 0 Å². The number of amides is 1. The highest BCUT2D eigenvalue weighted by Crippen LogP contribution is 2.37. The van der Waals surface area contributed by atoms with Crippen molar-refractivity contribution in [1.29, 1.82) is 0 Å². The van der Waals surface area contributed by atoms with Crippen LogP contribution in [0, 0.1) is 0 Å². The minimum Gasteiger partial charge on any atom is -0.463 e. The molecule has 0 radical (unpaired) electrons. The van der Waals surface area contributed by atoms with E-state index in [1.54, 1.807) is 55.4 Å². The summed E-state index contributed by atoms with van der Waals surface area (Å²) >= 11 is 14.1. The molecule has 1 aromatic carbocycles. The molecule has 0 saturated carbocycles. The smallest absolute Gasteiger partial charge is 0.338 e. The molecular formula is C25H29Cl2N5O5S2. The lowest BCUT2D eigenvalue weighted by atomic mass is 9.95. The van der Waals surface area contributed by atoms with E-state index in [9.17, 15) is 18.0 Å². The predicted molar refractivity (Wildman–Crippen MR) is 152 cm³/mol. The molecule has 2 atom stereocenters. The van der Waals surface area contributed by atoms with Gasteiger partial charge in [0.1, 0.15) is 12.1 Å². The van der Waals surface area contributed by atoms with Gasteiger partial charge < -0.3 is 15.4 Å². The van der Waals surface area contributed by atoms with Gasteiger partial charge in [0.25, 0.3) is 0 Å². The maximum atomic E-state index is 13.4. The number of aliphatic imine (C=N–C) groups is 1. The molecule has 3 heterocycles. The number of carbonyl (C=O) groups is 2. The number of carbonyl (C=O) groups excluding carboxylic acids is 2. The second-order valence-corrected chi connectivity index (χ2v) is 13.4. The van der Waals surface area contributed by atoms with Crippen molar-refractivity contribution < 1.29 is 22.7 Å². The lowest BCUT2D eigenvalue weighted by Crippen LogP contribution is -2.57. The average Bonchev–Trinajstić information content (AvgIpc) is 3.39. The fraction of sp³-hybridized carbons (Fsp3) is 0.440. The molecule has 0 spiro atoms. The van der Waals surface area contributed by atoms with Crippen molar-refractivity contribution >= 4 is 62.1 Å². The fourth-order valence-electron chi connectivity index (χ4n) is 4.42. The molecule has 2 N–H and O–H groups in total. The molecule has 4 rings (SSSR count). The number of aromatic nitrogens is 1. The molecule has 0 bridgehead atoms. The summed E-state index contributed by atoms with van der Waals surface area (Å²) < 4.78 is 30.4. The Balaban J connectivity index is 1.82. The SMILES string of the molecule is CCOC(=O)C1=C(CN2CCS(=O)(=O)C[C@H]2C(=O)NC(C)C)NC(c2nccs2)=N[C@H]1c1ccc(Cl)cc1Cl. The Kier molecular flexibility index (Phi) is 9.33. The summed E-state index contributed by atoms with van der Waals surface area (Å²) in [4.78, 5) is 37.4. The summed E-state index contributed by atoms with van der Waals surface area (Å²) in [6, 6.07) is 2.96. The second kappa shape index (κ2) is 12.3. The first-order valence-electron chi connectivity index (χ1n) is 12.3. The van der Waals surface area contributed by atoms with E-state index in [1.165, 1.54) is 11.3 Å². The van der Waals surface area contributed by atoms with Gasteiger partial charge in [-0.15, -0.1) is 11.3 Å². The van der Waals surface area contributed by atoms with Gasteiger partial charge in [-0.1, -0.05) is 29.3 Å². The normalized spacial score (nSPS) is 21.3. The molecule has 0 unspecified atom stereocenters. The Morgan fingerprint density at radius 1 is 1.31 bits per heavy atom. The van der Waals surface area contributed by atoms with Gasteiger partial charge >= 0.3 is 5.97 Å². The number of rotatable bonds is 8. The fourth-order valence-corrected chi connectivity index (χ4v) is 7.05. The standard InChI is InChI=1S/C25H29Cl2N5O5S2/c1-4-37-25(34)20-18(12-32-8-10-39(35,36)13-19(32)23(33)29-14(2)3)30-22(24-28-7-9-38-24)31-21(20)16-6-5-15(26)11-17(16)27/h5-7,9,11,14,19,21H,4,8,10,12-13H2,1-3H3,(H,29,33)(H,30,31)/t19-,21-/m0/s1. The highest BCUT2D eigenvalue weighted by Gasteiger charge is 2.40. The molecule has 0 aliphatic carbocycles. The van der Waals surface area contributed by atoms with Crippen LogP contribution in [-0.2, 0) is 24.2 Å². The quantitative estimate of drug-likeness (QED) is 0.435. The molecule has 2 aromatic rings. The van der Waals surface area contributed by atoms with Crippen LogP contribution in [0.25, 0.3) is 0 Å². The van der Waals surface area contributed by atoms with Crippen molar-refractivity contribution in [2.24, 2.45) is 4.99 Å². The van der Waals surface area contributed by atoms with Crippen LogP contribution in [0.15, 0.2) is 46.0 Å². The molecule has 1 saturated heterocycles. The van der Waals surface area contributed by atoms with Crippen LogP contribution < -0.4 is 10.6 Å². The van der Waals surface area contributed by atoms with Gasteiger partial charge in [0.2, 0.25) is 5.91 Å². The summed E-state index contributed by atoms with van der Waals surface area (Å²) in [6.45, 7) is 5.61. The molecule has 2 aliphatic rings. The van der Waals surface area contributed by atoms with Crippen molar-refractivity contribution in [2.45, 2.75) is 38.9 Å². The number of hydrogen-bond acceptors (Lipinski definition) is 10. The van der Waals surface area contributed by atoms with E-state index < -0.39 is 33.8 Å². The molecule has 1 fully saturated rings. The lowest BCUT2D eigenvalue weighted by molar-refractivity contribution is -0.139. The zero-order chi connectivity index (χ0) is 28.3. The number of thiazole rings is 1. The number of esters is 1. The Bertz CT molecular complexity index is 1410. The highest BCUT2D eigenvalue weighted by atomic mass is 35.5. The first-order chi connectivity index (χ1) is 18.5. The van der Waals surface area contributed by atoms with Gasteiger partial charge in [0.15, 0.2) is 20.7 Å². The third-order valence-corrected chi connectivity index (χ3v) is 9.12. The topological polar surface area (TPSA) is 130 Å². The number of nitrogens with one attached hydrogen (secondary N) is 2. The summed E-state index contributed by atoms with van der Waals surface area (Å²) in [6.07, 6.45) is 1.64. The summed E-state index contributed by atoms with van der Waals surface area (Å²) in [5, 5.41) is 9.17. The molecule has 10 nitrogen and oxygen atoms in total. The lowest BCUT2D eigenvalue weighted by Gasteiger charge is -2.37. The van der Waals surface area contributed by atoms with Gasteiger partial charge in [-0.25, -0.2) is 18.2 Å². The van der Waals surface area contributed by atoms with Crippen molar-refractivity contribution in [3.05, 3.63) is 61.7 Å². The Labute approximate surface area is 241 Å². The minimum atomic E-state index is -3.43. The van der Waals surface area contributed by atoms with Crippen LogP contribution in [0.1, 0.15) is 37.4 Å². The minimum absolute atomic E-state index is 0.0615. The van der Waals surface area contributed by atoms with Gasteiger partial charge in [0.05, 0.1) is 23.7 Å². The number of nitrogens with zero attached hydrogens (tertiary/aromatic N) is 3. The van der Waals surface area contributed by atoms with Crippen molar-refractivity contribution in [1.82, 2.24) is 20.5 Å². The third kappa shape index (κ3) is 6.98. The second-order valence-electron chi connectivity index (χ2n) is 9.38. The Morgan fingerprint density at radius 3 is 2.72 bits per heavy atom. The third-order valence-electron chi connectivity index (χ3n) is 6.15. The van der Waals surface area contributed by atoms with E-state index in [0.29, 0.717) is 32.1 Å². The number of halogens is 2. The van der Waals surface area contributed by atoms with Gasteiger partial charge in [0, 0.05) is 52.0 Å². The van der Waals surface area contributed by atoms with Crippen molar-refractivity contribution in [2.75, 3.05) is 31.2 Å². The van der Waals surface area contributed by atoms with Crippen LogP contribution in [-0.4, -0.2) is 79.3 Å². The van der Waals surface area contributed by atoms with Crippen LogP contribution in [0.3, 0.4) is 0 Å². The van der Waals surface area contributed by atoms with E-state index >= 15 is 0 Å². The number of amidine groups is 1. The van der Waals surface area contributed by atoms with E-state index in [-0.39, 0.29) is 42.8 Å². The Morgan fingerprint density at radius 2 is 2.08 bits per heavy atom. The van der Waals surface area contributed by atoms with E-state index in [1.807, 2.05) is 0 Å². The first kappa shape index (κ1) is 29.5. The van der Waals surface area contributed by atoms with Gasteiger partial charge in [-0.3, -0.25) is 14.7 Å². The highest BCUT2D eigenvalue weighted by molar-refractivity contribution is 7.91. The molecule has 39 heavy (non-hydrogen) atoms. The van der Waals surface area contributed by atoms with Crippen LogP contribution >= 0.6 is 34.5 Å². The van der Waals surface area contributed by atoms with Crippen LogP contribution in [0.4, 0.5) is 0 Å². The van der Waals surface area contributed by atoms with Crippen LogP contribution in [0.2, 0.25) is 10.0 Å². The molecule has 1 aromatic heterocycles. The maximum Gasteiger partial charge on any atom is 0.338 e. The Hall–Kier alpha value is -2.51. The summed E-state index contributed by atoms with van der Waals surface area (Å²) in [5.74, 6) is -1.02. The molecule has 14 heteroatoms. The molecule has 1 amide bonds. The number of benzene rings is 1. The number of hydrogen-bond donors (Lipinski definition) is 2. The summed E-state index contributed by atoms with van der Waals surface area (Å²) in [7, 11) is -3.43. The van der Waals surface area contributed by atoms with E-state index in [4.69, 9.17) is 32.9 Å². The summed E-state index contributed by atoms with van der Waals surface area (Å²) in [5.41, 5.74) is 1.16. The zero-order valence-corrected chi connectivity index (χ0v) is 24.8. The van der Waals surface area contributed by atoms with Gasteiger partial charge in [-0.05, 0) is 32.9 Å². The van der Waals surface area contributed by atoms with Crippen molar-refractivity contribution in [3.8, 4) is 0 Å². The largest absolute Gasteiger partial charge is 0.463 e. The molecule has 210 valence electrons. The number of sulfone groups is 1. The van der Waals surface area contributed by atoms with E-state index in [2.05, 4.69) is 15.6 Å². The van der Waals surface area contributed by atoms with Gasteiger partial charge in [-0.2, -0.15) is 0 Å². The maximum absolute atomic E-state index is 13.4. The number of ether oxygens (including phenoxy) is 1. The van der Waals surface area contributed by atoms with Crippen molar-refractivity contribution in [3.63, 3.8) is 0 Å². The average molecular weight is 615 g/mol. The van der Waals surface area contributed by atoms with Crippen LogP contribution in [0.5, 0.6) is 0 Å². The zero-order valence-electron chi connectivity index (χ0n) is 21.6. The molecular weight excluding hydrogens is 585 g/mol.